The number of hydrogen-bond acceptors (Lipinski definition) is 3. The lowest BCUT2D eigenvalue weighted by Crippen LogP contribution is -2.39. The van der Waals surface area contributed by atoms with Crippen molar-refractivity contribution in [3.63, 3.8) is 0 Å². The van der Waals surface area contributed by atoms with Crippen LogP contribution in [0.5, 0.6) is 0 Å². The number of cyclic esters (lactones) is 1. The Morgan fingerprint density at radius 2 is 2.05 bits per heavy atom. The largest absolute Gasteiger partial charge is 0.446 e. The average Bonchev–Trinajstić information content (AvgIpc) is 2.87. The van der Waals surface area contributed by atoms with Crippen LogP contribution in [0.1, 0.15) is 25.5 Å². The van der Waals surface area contributed by atoms with Gasteiger partial charge in [-0.2, -0.15) is 0 Å². The van der Waals surface area contributed by atoms with Gasteiger partial charge in [0.1, 0.15) is 12.6 Å². The van der Waals surface area contributed by atoms with E-state index in [-0.39, 0.29) is 30.4 Å². The fourth-order valence-corrected chi connectivity index (χ4v) is 2.23. The molecule has 1 aliphatic rings. The van der Waals surface area contributed by atoms with E-state index in [0.29, 0.717) is 0 Å². The van der Waals surface area contributed by atoms with Gasteiger partial charge in [-0.25, -0.2) is 9.69 Å². The number of allylic oxidation sites excluding steroid dienone is 1. The normalized spacial score (nSPS) is 21.2. The Labute approximate surface area is 119 Å². The number of benzene rings is 1. The van der Waals surface area contributed by atoms with Gasteiger partial charge in [-0.3, -0.25) is 4.79 Å². The Morgan fingerprint density at radius 1 is 1.40 bits per heavy atom. The molecule has 1 fully saturated rings. The number of carbonyl (C=O) groups excluding carboxylic acids is 2. The number of amides is 2. The molecule has 3 atom stereocenters. The Balaban J connectivity index is 2.25. The summed E-state index contributed by atoms with van der Waals surface area (Å²) >= 11 is 0. The van der Waals surface area contributed by atoms with E-state index in [9.17, 15) is 9.59 Å². The van der Waals surface area contributed by atoms with Crippen LogP contribution in [0.4, 0.5) is 4.79 Å². The van der Waals surface area contributed by atoms with Gasteiger partial charge in [0.05, 0.1) is 0 Å². The molecule has 0 radical (unpaired) electrons. The highest BCUT2D eigenvalue weighted by atomic mass is 16.6. The van der Waals surface area contributed by atoms with E-state index in [2.05, 4.69) is 6.58 Å². The molecule has 2 rings (SSSR count). The van der Waals surface area contributed by atoms with E-state index in [1.165, 1.54) is 4.90 Å². The SMILES string of the molecule is C=C[C@@H](C)[C@@H](C)C(=O)N1C(=O)OC[C@H]1c1ccccc1. The molecule has 1 aromatic rings. The van der Waals surface area contributed by atoms with Gasteiger partial charge in [-0.1, -0.05) is 50.3 Å². The summed E-state index contributed by atoms with van der Waals surface area (Å²) in [5.74, 6) is -0.509. The van der Waals surface area contributed by atoms with Gasteiger partial charge in [-0.15, -0.1) is 6.58 Å². The zero-order chi connectivity index (χ0) is 14.7. The van der Waals surface area contributed by atoms with Gasteiger partial charge in [0.15, 0.2) is 0 Å². The van der Waals surface area contributed by atoms with Gasteiger partial charge in [-0.05, 0) is 11.5 Å². The standard InChI is InChI=1S/C16H19NO3/c1-4-11(2)12(3)15(18)17-14(10-20-16(17)19)13-8-6-5-7-9-13/h4-9,11-12,14H,1,10H2,2-3H3/t11-,12-,14+/m1/s1. The van der Waals surface area contributed by atoms with Gasteiger partial charge in [0, 0.05) is 5.92 Å². The molecule has 0 spiro atoms. The molecule has 0 N–H and O–H groups in total. The van der Waals surface area contributed by atoms with Crippen molar-refractivity contribution in [3.05, 3.63) is 48.6 Å². The van der Waals surface area contributed by atoms with Crippen LogP contribution >= 0.6 is 0 Å². The summed E-state index contributed by atoms with van der Waals surface area (Å²) < 4.78 is 5.06. The molecule has 1 heterocycles. The first-order chi connectivity index (χ1) is 9.56. The molecule has 0 bridgehead atoms. The van der Waals surface area contributed by atoms with Crippen molar-refractivity contribution < 1.29 is 14.3 Å². The zero-order valence-electron chi connectivity index (χ0n) is 11.8. The van der Waals surface area contributed by atoms with Crippen LogP contribution in [-0.2, 0) is 9.53 Å². The van der Waals surface area contributed by atoms with Crippen molar-refractivity contribution >= 4 is 12.0 Å². The summed E-state index contributed by atoms with van der Waals surface area (Å²) in [6.07, 6.45) is 1.16. The fourth-order valence-electron chi connectivity index (χ4n) is 2.23. The predicted molar refractivity (Wildman–Crippen MR) is 75.9 cm³/mol. The molecule has 4 nitrogen and oxygen atoms in total. The Kier molecular flexibility index (Phi) is 4.23. The lowest BCUT2D eigenvalue weighted by Gasteiger charge is -2.25. The van der Waals surface area contributed by atoms with Gasteiger partial charge < -0.3 is 4.74 Å². The smallest absolute Gasteiger partial charge is 0.417 e. The predicted octanol–water partition coefficient (Wildman–Crippen LogP) is 3.16. The molecule has 1 aromatic carbocycles. The molecule has 0 unspecified atom stereocenters. The molecular formula is C16H19NO3. The third-order valence-electron chi connectivity index (χ3n) is 3.84. The van der Waals surface area contributed by atoms with Crippen LogP contribution in [0.2, 0.25) is 0 Å². The molecule has 1 aliphatic heterocycles. The van der Waals surface area contributed by atoms with Crippen molar-refractivity contribution in [1.82, 2.24) is 4.90 Å². The third-order valence-corrected chi connectivity index (χ3v) is 3.84. The summed E-state index contributed by atoms with van der Waals surface area (Å²) in [5.41, 5.74) is 0.908. The summed E-state index contributed by atoms with van der Waals surface area (Å²) in [5, 5.41) is 0. The average molecular weight is 273 g/mol. The Hall–Kier alpha value is -2.10. The van der Waals surface area contributed by atoms with E-state index >= 15 is 0 Å². The summed E-state index contributed by atoms with van der Waals surface area (Å²) in [6, 6.07) is 9.13. The number of carbonyl (C=O) groups is 2. The summed E-state index contributed by atoms with van der Waals surface area (Å²) in [7, 11) is 0. The van der Waals surface area contributed by atoms with Crippen molar-refractivity contribution in [3.8, 4) is 0 Å². The van der Waals surface area contributed by atoms with Crippen LogP contribution in [0.3, 0.4) is 0 Å². The van der Waals surface area contributed by atoms with Crippen LogP contribution in [0.15, 0.2) is 43.0 Å². The van der Waals surface area contributed by atoms with Crippen LogP contribution in [-0.4, -0.2) is 23.5 Å². The highest BCUT2D eigenvalue weighted by Gasteiger charge is 2.41. The van der Waals surface area contributed by atoms with Crippen molar-refractivity contribution in [2.24, 2.45) is 11.8 Å². The number of rotatable bonds is 4. The molecule has 0 aliphatic carbocycles. The van der Waals surface area contributed by atoms with E-state index < -0.39 is 6.09 Å². The quantitative estimate of drug-likeness (QED) is 0.792. The van der Waals surface area contributed by atoms with Gasteiger partial charge >= 0.3 is 6.09 Å². The number of hydrogen-bond donors (Lipinski definition) is 0. The van der Waals surface area contributed by atoms with E-state index in [4.69, 9.17) is 4.74 Å². The number of nitrogens with zero attached hydrogens (tertiary/aromatic N) is 1. The molecule has 4 heteroatoms. The van der Waals surface area contributed by atoms with Crippen molar-refractivity contribution in [2.45, 2.75) is 19.9 Å². The minimum absolute atomic E-state index is 0.00678. The summed E-state index contributed by atoms with van der Waals surface area (Å²) in [6.45, 7) is 7.63. The van der Waals surface area contributed by atoms with Crippen LogP contribution in [0.25, 0.3) is 0 Å². The number of ether oxygens (including phenoxy) is 1. The maximum Gasteiger partial charge on any atom is 0.417 e. The maximum atomic E-state index is 12.5. The van der Waals surface area contributed by atoms with Gasteiger partial charge in [0.25, 0.3) is 0 Å². The first-order valence-corrected chi connectivity index (χ1v) is 6.73. The van der Waals surface area contributed by atoms with E-state index in [0.717, 1.165) is 5.56 Å². The first-order valence-electron chi connectivity index (χ1n) is 6.73. The summed E-state index contributed by atoms with van der Waals surface area (Å²) in [4.78, 5) is 25.6. The topological polar surface area (TPSA) is 46.6 Å². The molecule has 20 heavy (non-hydrogen) atoms. The van der Waals surface area contributed by atoms with Gasteiger partial charge in [0.2, 0.25) is 5.91 Å². The molecule has 0 aromatic heterocycles. The Morgan fingerprint density at radius 3 is 2.65 bits per heavy atom. The Bertz CT molecular complexity index is 512. The molecule has 106 valence electrons. The molecule has 0 saturated carbocycles. The van der Waals surface area contributed by atoms with Crippen molar-refractivity contribution in [2.75, 3.05) is 6.61 Å². The van der Waals surface area contributed by atoms with E-state index in [1.54, 1.807) is 6.08 Å². The molecular weight excluding hydrogens is 254 g/mol. The molecule has 2 amide bonds. The molecule has 1 saturated heterocycles. The highest BCUT2D eigenvalue weighted by Crippen LogP contribution is 2.30. The monoisotopic (exact) mass is 273 g/mol. The third kappa shape index (κ3) is 2.59. The maximum absolute atomic E-state index is 12.5. The zero-order valence-corrected chi connectivity index (χ0v) is 11.8. The lowest BCUT2D eigenvalue weighted by atomic mass is 9.94. The second kappa shape index (κ2) is 5.90. The van der Waals surface area contributed by atoms with Crippen LogP contribution < -0.4 is 0 Å². The van der Waals surface area contributed by atoms with E-state index in [1.807, 2.05) is 44.2 Å². The minimum atomic E-state index is -0.563. The number of imide groups is 1. The highest BCUT2D eigenvalue weighted by molar-refractivity contribution is 5.95. The van der Waals surface area contributed by atoms with Crippen LogP contribution in [0, 0.1) is 11.8 Å². The minimum Gasteiger partial charge on any atom is -0.446 e. The lowest BCUT2D eigenvalue weighted by molar-refractivity contribution is -0.134. The second-order valence-corrected chi connectivity index (χ2v) is 5.10. The second-order valence-electron chi connectivity index (χ2n) is 5.10. The van der Waals surface area contributed by atoms with Crippen molar-refractivity contribution in [1.29, 1.82) is 0 Å². The fraction of sp³-hybridized carbons (Fsp3) is 0.375. The first kappa shape index (κ1) is 14.3.